The molecule has 4 aliphatic rings. The zero-order valence-electron chi connectivity index (χ0n) is 27.1. The number of fused-ring (bicyclic) bond motifs is 4. The molecular weight excluding hydrogens is 629 g/mol. The number of benzene rings is 5. The van der Waals surface area contributed by atoms with Gasteiger partial charge in [-0.05, 0) is 70.3 Å². The Hall–Kier alpha value is -6.04. The SMILES string of the molecule is CC12C3=CC=C4C1c1c(cccc1N4c1ccccc1)-c1cccc4c1c2c(n4-c1nc(-c2ccccc2)c2sc4ccccc4c2n1)C=C3. The van der Waals surface area contributed by atoms with Crippen molar-refractivity contribution < 1.29 is 0 Å². The number of allylic oxidation sites excluding steroid dienone is 5. The highest BCUT2D eigenvalue weighted by Gasteiger charge is 2.55. The van der Waals surface area contributed by atoms with Gasteiger partial charge in [-0.15, -0.1) is 11.3 Å². The number of hydrogen-bond acceptors (Lipinski definition) is 4. The maximum atomic E-state index is 5.48. The third-order valence-electron chi connectivity index (χ3n) is 11.5. The van der Waals surface area contributed by atoms with Crippen LogP contribution in [0.3, 0.4) is 0 Å². The smallest absolute Gasteiger partial charge is 0.235 e. The maximum Gasteiger partial charge on any atom is 0.235 e. The van der Waals surface area contributed by atoms with Gasteiger partial charge < -0.3 is 4.90 Å². The highest BCUT2D eigenvalue weighted by atomic mass is 32.1. The van der Waals surface area contributed by atoms with Gasteiger partial charge in [-0.1, -0.05) is 110 Å². The van der Waals surface area contributed by atoms with Crippen LogP contribution >= 0.6 is 11.3 Å². The van der Waals surface area contributed by atoms with Crippen LogP contribution < -0.4 is 4.90 Å². The lowest BCUT2D eigenvalue weighted by atomic mass is 9.60. The third kappa shape index (κ3) is 3.17. The molecule has 4 heterocycles. The molecule has 4 nitrogen and oxygen atoms in total. The topological polar surface area (TPSA) is 34.0 Å². The minimum atomic E-state index is -0.305. The van der Waals surface area contributed by atoms with Gasteiger partial charge in [0.25, 0.3) is 0 Å². The lowest BCUT2D eigenvalue weighted by molar-refractivity contribution is 0.493. The first-order valence-electron chi connectivity index (χ1n) is 17.2. The largest absolute Gasteiger partial charge is 0.313 e. The lowest BCUT2D eigenvalue weighted by Gasteiger charge is -2.43. The molecule has 0 N–H and O–H groups in total. The van der Waals surface area contributed by atoms with Crippen LogP contribution in [-0.4, -0.2) is 14.5 Å². The van der Waals surface area contributed by atoms with Gasteiger partial charge in [-0.3, -0.25) is 4.57 Å². The molecule has 5 aromatic carbocycles. The number of nitrogens with zero attached hydrogens (tertiary/aromatic N) is 4. The first-order valence-corrected chi connectivity index (χ1v) is 18.0. The summed E-state index contributed by atoms with van der Waals surface area (Å²) in [7, 11) is 0. The summed E-state index contributed by atoms with van der Waals surface area (Å²) in [6.07, 6.45) is 9.38. The third-order valence-corrected chi connectivity index (χ3v) is 12.7. The molecule has 0 spiro atoms. The molecule has 234 valence electrons. The van der Waals surface area contributed by atoms with Crippen LogP contribution in [0.25, 0.3) is 65.6 Å². The molecule has 0 saturated carbocycles. The molecule has 5 heteroatoms. The molecule has 0 amide bonds. The Morgan fingerprint density at radius 1 is 0.720 bits per heavy atom. The molecule has 2 atom stereocenters. The molecular formula is C45H28N4S. The summed E-state index contributed by atoms with van der Waals surface area (Å²) in [6.45, 7) is 2.48. The second-order valence-electron chi connectivity index (χ2n) is 13.9. The molecule has 3 aromatic heterocycles. The number of anilines is 2. The van der Waals surface area contributed by atoms with E-state index >= 15 is 0 Å². The van der Waals surface area contributed by atoms with Gasteiger partial charge in [0.05, 0.1) is 32.8 Å². The normalized spacial score (nSPS) is 19.3. The second kappa shape index (κ2) is 9.35. The molecule has 8 aromatic rings. The van der Waals surface area contributed by atoms with Crippen molar-refractivity contribution in [3.05, 3.63) is 168 Å². The quantitative estimate of drug-likeness (QED) is 0.190. The fourth-order valence-corrected chi connectivity index (χ4v) is 10.6. The van der Waals surface area contributed by atoms with Gasteiger partial charge in [0.15, 0.2) is 0 Å². The van der Waals surface area contributed by atoms with E-state index in [4.69, 9.17) is 9.97 Å². The Bertz CT molecular complexity index is 2890. The van der Waals surface area contributed by atoms with Gasteiger partial charge in [0.1, 0.15) is 0 Å². The highest BCUT2D eigenvalue weighted by molar-refractivity contribution is 7.26. The first-order chi connectivity index (χ1) is 24.7. The van der Waals surface area contributed by atoms with E-state index in [1.54, 1.807) is 11.3 Å². The minimum absolute atomic E-state index is 0.146. The van der Waals surface area contributed by atoms with Crippen LogP contribution in [0, 0.1) is 0 Å². The molecule has 12 rings (SSSR count). The minimum Gasteiger partial charge on any atom is -0.313 e. The Morgan fingerprint density at radius 3 is 2.38 bits per heavy atom. The Labute approximate surface area is 292 Å². The van der Waals surface area contributed by atoms with Gasteiger partial charge in [-0.25, -0.2) is 9.97 Å². The zero-order valence-corrected chi connectivity index (χ0v) is 27.9. The summed E-state index contributed by atoms with van der Waals surface area (Å²) >= 11 is 1.78. The van der Waals surface area contributed by atoms with Crippen molar-refractivity contribution in [2.45, 2.75) is 18.3 Å². The molecule has 1 aliphatic heterocycles. The van der Waals surface area contributed by atoms with Gasteiger partial charge in [0.2, 0.25) is 5.95 Å². The fourth-order valence-electron chi connectivity index (χ4n) is 9.48. The van der Waals surface area contributed by atoms with E-state index in [0.29, 0.717) is 5.95 Å². The van der Waals surface area contributed by atoms with Crippen LogP contribution in [0.15, 0.2) is 151 Å². The standard InChI is InChI=1S/C45H28N4S/c1-45-27-22-24-34-39(45)37-29(17-10-19-32(37)48(34)28-14-6-3-7-15-28)30-18-11-20-33-38(30)40(45)35(25-23-27)49(33)44-46-41(26-12-4-2-5-13-26)43-42(47-44)31-16-8-9-21-36(31)50-43/h2-25,39H,1H3. The van der Waals surface area contributed by atoms with E-state index in [-0.39, 0.29) is 11.3 Å². The van der Waals surface area contributed by atoms with Gasteiger partial charge in [0, 0.05) is 43.8 Å². The maximum absolute atomic E-state index is 5.48. The molecule has 0 bridgehead atoms. The Balaban J connectivity index is 1.21. The van der Waals surface area contributed by atoms with E-state index in [1.165, 1.54) is 66.1 Å². The van der Waals surface area contributed by atoms with Crippen LogP contribution in [0.4, 0.5) is 11.4 Å². The number of aromatic nitrogens is 3. The van der Waals surface area contributed by atoms with Crippen molar-refractivity contribution in [2.75, 3.05) is 4.90 Å². The van der Waals surface area contributed by atoms with Crippen LogP contribution in [0.1, 0.15) is 29.7 Å². The molecule has 2 unspecified atom stereocenters. The average molecular weight is 657 g/mol. The second-order valence-corrected chi connectivity index (χ2v) is 15.0. The Kier molecular flexibility index (Phi) is 5.02. The van der Waals surface area contributed by atoms with E-state index < -0.39 is 0 Å². The van der Waals surface area contributed by atoms with Crippen LogP contribution in [-0.2, 0) is 5.41 Å². The highest BCUT2D eigenvalue weighted by Crippen LogP contribution is 2.66. The summed E-state index contributed by atoms with van der Waals surface area (Å²) in [5.74, 6) is 0.857. The van der Waals surface area contributed by atoms with Crippen molar-refractivity contribution >= 4 is 60.0 Å². The average Bonchev–Trinajstić information content (AvgIpc) is 3.81. The first kappa shape index (κ1) is 26.9. The van der Waals surface area contributed by atoms with Crippen molar-refractivity contribution in [1.29, 1.82) is 0 Å². The van der Waals surface area contributed by atoms with E-state index in [2.05, 4.69) is 162 Å². The van der Waals surface area contributed by atoms with Gasteiger partial charge in [-0.2, -0.15) is 0 Å². The van der Waals surface area contributed by atoms with E-state index in [9.17, 15) is 0 Å². The van der Waals surface area contributed by atoms with Crippen LogP contribution in [0.2, 0.25) is 0 Å². The lowest BCUT2D eigenvalue weighted by Crippen LogP contribution is -2.37. The van der Waals surface area contributed by atoms with Crippen molar-refractivity contribution in [2.24, 2.45) is 0 Å². The summed E-state index contributed by atoms with van der Waals surface area (Å²) in [4.78, 5) is 13.4. The summed E-state index contributed by atoms with van der Waals surface area (Å²) < 4.78 is 4.70. The van der Waals surface area contributed by atoms with Crippen molar-refractivity contribution in [3.63, 3.8) is 0 Å². The Morgan fingerprint density at radius 2 is 1.50 bits per heavy atom. The summed E-state index contributed by atoms with van der Waals surface area (Å²) in [6, 6.07) is 43.7. The fraction of sp³-hybridized carbons (Fsp3) is 0.0667. The number of hydrogen-bond donors (Lipinski definition) is 0. The number of thiophene rings is 1. The number of para-hydroxylation sites is 1. The molecule has 0 radical (unpaired) electrons. The summed E-state index contributed by atoms with van der Waals surface area (Å²) in [5.41, 5.74) is 15.6. The van der Waals surface area contributed by atoms with Crippen LogP contribution in [0.5, 0.6) is 0 Å². The number of rotatable bonds is 3. The molecule has 50 heavy (non-hydrogen) atoms. The monoisotopic (exact) mass is 656 g/mol. The predicted molar refractivity (Wildman–Crippen MR) is 206 cm³/mol. The molecule has 0 saturated heterocycles. The van der Waals surface area contributed by atoms with Gasteiger partial charge >= 0.3 is 0 Å². The predicted octanol–water partition coefficient (Wildman–Crippen LogP) is 11.5. The molecule has 3 aliphatic carbocycles. The van der Waals surface area contributed by atoms with Crippen molar-refractivity contribution in [3.8, 4) is 28.3 Å². The summed E-state index contributed by atoms with van der Waals surface area (Å²) in [5, 5.41) is 2.47. The van der Waals surface area contributed by atoms with E-state index in [1.807, 2.05) is 0 Å². The zero-order chi connectivity index (χ0) is 32.7. The van der Waals surface area contributed by atoms with E-state index in [0.717, 1.165) is 27.0 Å². The van der Waals surface area contributed by atoms with Crippen molar-refractivity contribution in [1.82, 2.24) is 14.5 Å². The molecule has 0 fully saturated rings.